The van der Waals surface area contributed by atoms with Gasteiger partial charge in [0, 0.05) is 17.7 Å². The Morgan fingerprint density at radius 2 is 1.81 bits per heavy atom. The van der Waals surface area contributed by atoms with E-state index in [1.54, 1.807) is 6.20 Å². The lowest BCUT2D eigenvalue weighted by Crippen LogP contribution is -2.07. The van der Waals surface area contributed by atoms with Crippen LogP contribution in [-0.2, 0) is 11.5 Å². The van der Waals surface area contributed by atoms with Gasteiger partial charge in [0.1, 0.15) is 0 Å². The summed E-state index contributed by atoms with van der Waals surface area (Å²) in [7, 11) is 0. The Kier molecular flexibility index (Phi) is 5.13. The molecule has 1 aromatic rings. The largest absolute Gasteiger partial charge is 0.379 e. The van der Waals surface area contributed by atoms with Gasteiger partial charge < -0.3 is 11.5 Å². The zero-order chi connectivity index (χ0) is 12.0. The van der Waals surface area contributed by atoms with E-state index in [1.165, 1.54) is 23.5 Å². The first-order valence-electron chi connectivity index (χ1n) is 4.46. The molecular weight excluding hydrogens is 242 g/mol. The molecule has 0 radical (unpaired) electrons. The normalized spacial score (nSPS) is 10.0. The maximum absolute atomic E-state index is 7.15. The van der Waals surface area contributed by atoms with Crippen LogP contribution >= 0.6 is 23.5 Å². The van der Waals surface area contributed by atoms with Gasteiger partial charge in [0.05, 0.1) is 5.69 Å². The maximum Gasteiger partial charge on any atom is 0.151 e. The predicted molar refractivity (Wildman–Crippen MR) is 70.7 cm³/mol. The molecule has 86 valence electrons. The number of hydrogen-bond acceptors (Lipinski definition) is 5. The van der Waals surface area contributed by atoms with Crippen LogP contribution in [0.4, 0.5) is 0 Å². The van der Waals surface area contributed by atoms with Gasteiger partial charge in [-0.25, -0.2) is 0 Å². The fraction of sp³-hybridized carbons (Fsp3) is 0.222. The number of aromatic nitrogens is 1. The second kappa shape index (κ2) is 6.39. The molecule has 0 aliphatic heterocycles. The third kappa shape index (κ3) is 4.54. The van der Waals surface area contributed by atoms with Crippen LogP contribution in [0.3, 0.4) is 0 Å². The third-order valence-electron chi connectivity index (χ3n) is 1.73. The monoisotopic (exact) mass is 255 g/mol. The van der Waals surface area contributed by atoms with Crippen LogP contribution in [0.5, 0.6) is 0 Å². The van der Waals surface area contributed by atoms with Crippen molar-refractivity contribution in [1.29, 1.82) is 10.8 Å². The Balaban J connectivity index is 2.67. The average molecular weight is 255 g/mol. The SMILES string of the molecule is N=C(N)SCc1cccnc1CSC(=N)N. The Bertz CT molecular complexity index is 356. The summed E-state index contributed by atoms with van der Waals surface area (Å²) >= 11 is 2.50. The Morgan fingerprint density at radius 1 is 1.19 bits per heavy atom. The molecule has 0 fully saturated rings. The van der Waals surface area contributed by atoms with E-state index in [0.717, 1.165) is 11.3 Å². The summed E-state index contributed by atoms with van der Waals surface area (Å²) in [5.41, 5.74) is 12.5. The van der Waals surface area contributed by atoms with Gasteiger partial charge in [-0.05, 0) is 11.6 Å². The van der Waals surface area contributed by atoms with Crippen molar-refractivity contribution in [2.75, 3.05) is 0 Å². The van der Waals surface area contributed by atoms with Gasteiger partial charge in [-0.3, -0.25) is 15.8 Å². The second-order valence-corrected chi connectivity index (χ2v) is 4.95. The molecule has 1 aromatic heterocycles. The quantitative estimate of drug-likeness (QED) is 0.479. The first-order chi connectivity index (χ1) is 7.59. The van der Waals surface area contributed by atoms with Gasteiger partial charge in [0.2, 0.25) is 0 Å². The summed E-state index contributed by atoms with van der Waals surface area (Å²) in [5, 5.41) is 14.5. The van der Waals surface area contributed by atoms with Gasteiger partial charge in [0.25, 0.3) is 0 Å². The van der Waals surface area contributed by atoms with Crippen molar-refractivity contribution in [3.8, 4) is 0 Å². The van der Waals surface area contributed by atoms with Gasteiger partial charge in [-0.2, -0.15) is 0 Å². The van der Waals surface area contributed by atoms with Crippen molar-refractivity contribution in [2.24, 2.45) is 11.5 Å². The topological polar surface area (TPSA) is 113 Å². The van der Waals surface area contributed by atoms with Crippen LogP contribution in [0, 0.1) is 10.8 Å². The highest BCUT2D eigenvalue weighted by molar-refractivity contribution is 8.13. The highest BCUT2D eigenvalue weighted by atomic mass is 32.2. The Hall–Kier alpha value is -1.21. The number of rotatable bonds is 4. The molecule has 0 bridgehead atoms. The van der Waals surface area contributed by atoms with Crippen LogP contribution < -0.4 is 11.5 Å². The molecule has 16 heavy (non-hydrogen) atoms. The van der Waals surface area contributed by atoms with Crippen molar-refractivity contribution < 1.29 is 0 Å². The zero-order valence-corrected chi connectivity index (χ0v) is 10.2. The van der Waals surface area contributed by atoms with Crippen LogP contribution in [0.2, 0.25) is 0 Å². The predicted octanol–water partition coefficient (Wildman–Crippen LogP) is 1.33. The molecule has 0 aliphatic rings. The molecule has 1 rings (SSSR count). The summed E-state index contributed by atoms with van der Waals surface area (Å²) in [5.74, 6) is 1.20. The summed E-state index contributed by atoms with van der Waals surface area (Å²) in [4.78, 5) is 4.23. The number of hydrogen-bond donors (Lipinski definition) is 4. The molecule has 0 saturated carbocycles. The first kappa shape index (κ1) is 12.9. The number of nitrogens with two attached hydrogens (primary N) is 2. The number of pyridine rings is 1. The van der Waals surface area contributed by atoms with E-state index in [4.69, 9.17) is 22.3 Å². The lowest BCUT2D eigenvalue weighted by Gasteiger charge is -2.06. The smallest absolute Gasteiger partial charge is 0.151 e. The number of nitrogens with one attached hydrogen (secondary N) is 2. The lowest BCUT2D eigenvalue weighted by atomic mass is 10.2. The number of nitrogens with zero attached hydrogens (tertiary/aromatic N) is 1. The highest BCUT2D eigenvalue weighted by Gasteiger charge is 2.05. The molecule has 0 aromatic carbocycles. The Labute approximate surface area is 102 Å². The van der Waals surface area contributed by atoms with Crippen LogP contribution in [0.15, 0.2) is 18.3 Å². The lowest BCUT2D eigenvalue weighted by molar-refractivity contribution is 1.12. The molecular formula is C9H13N5S2. The van der Waals surface area contributed by atoms with Crippen LogP contribution in [-0.4, -0.2) is 15.3 Å². The van der Waals surface area contributed by atoms with Crippen molar-refractivity contribution in [3.05, 3.63) is 29.6 Å². The van der Waals surface area contributed by atoms with Gasteiger partial charge in [-0.1, -0.05) is 29.6 Å². The van der Waals surface area contributed by atoms with Crippen molar-refractivity contribution in [3.63, 3.8) is 0 Å². The van der Waals surface area contributed by atoms with E-state index in [9.17, 15) is 0 Å². The fourth-order valence-corrected chi connectivity index (χ4v) is 2.16. The average Bonchev–Trinajstić information content (AvgIpc) is 2.24. The van der Waals surface area contributed by atoms with E-state index in [0.29, 0.717) is 11.5 Å². The van der Waals surface area contributed by atoms with E-state index in [1.807, 2.05) is 12.1 Å². The van der Waals surface area contributed by atoms with Crippen LogP contribution in [0.1, 0.15) is 11.3 Å². The molecule has 0 spiro atoms. The molecule has 0 aliphatic carbocycles. The minimum atomic E-state index is 0.0795. The number of amidine groups is 2. The molecule has 0 unspecified atom stereocenters. The third-order valence-corrected chi connectivity index (χ3v) is 3.23. The summed E-state index contributed by atoms with van der Waals surface area (Å²) in [6.07, 6.45) is 1.71. The van der Waals surface area contributed by atoms with E-state index in [-0.39, 0.29) is 10.3 Å². The zero-order valence-electron chi connectivity index (χ0n) is 8.56. The maximum atomic E-state index is 7.15. The standard InChI is InChI=1S/C9H13N5S2/c10-8(11)15-4-6-2-1-3-14-7(6)5-16-9(12)13/h1-3H,4-5H2,(H3,10,11)(H3,12,13). The summed E-state index contributed by atoms with van der Waals surface area (Å²) in [6, 6.07) is 3.79. The van der Waals surface area contributed by atoms with Crippen molar-refractivity contribution in [1.82, 2.24) is 4.98 Å². The first-order valence-corrected chi connectivity index (χ1v) is 6.43. The molecule has 1 heterocycles. The molecule has 7 heteroatoms. The van der Waals surface area contributed by atoms with Gasteiger partial charge in [-0.15, -0.1) is 0 Å². The van der Waals surface area contributed by atoms with Crippen LogP contribution in [0.25, 0.3) is 0 Å². The minimum absolute atomic E-state index is 0.0795. The fourth-order valence-electron chi connectivity index (χ4n) is 1.03. The molecule has 0 amide bonds. The van der Waals surface area contributed by atoms with E-state index >= 15 is 0 Å². The summed E-state index contributed by atoms with van der Waals surface area (Å²) < 4.78 is 0. The molecule has 6 N–H and O–H groups in total. The Morgan fingerprint density at radius 3 is 2.44 bits per heavy atom. The number of thioether (sulfide) groups is 2. The van der Waals surface area contributed by atoms with E-state index in [2.05, 4.69) is 4.98 Å². The second-order valence-electron chi connectivity index (χ2n) is 2.92. The van der Waals surface area contributed by atoms with Gasteiger partial charge in [0.15, 0.2) is 10.3 Å². The highest BCUT2D eigenvalue weighted by Crippen LogP contribution is 2.18. The molecule has 0 atom stereocenters. The summed E-state index contributed by atoms with van der Waals surface area (Å²) in [6.45, 7) is 0. The van der Waals surface area contributed by atoms with Crippen molar-refractivity contribution >= 4 is 33.9 Å². The van der Waals surface area contributed by atoms with Crippen molar-refractivity contribution in [2.45, 2.75) is 11.5 Å². The molecule has 0 saturated heterocycles. The minimum Gasteiger partial charge on any atom is -0.379 e. The van der Waals surface area contributed by atoms with Gasteiger partial charge >= 0.3 is 0 Å². The molecule has 5 nitrogen and oxygen atoms in total. The van der Waals surface area contributed by atoms with E-state index < -0.39 is 0 Å².